The molecule has 32 heavy (non-hydrogen) atoms. The number of carbonyl (C=O) groups is 1. The maximum Gasteiger partial charge on any atom is 0.230 e. The van der Waals surface area contributed by atoms with E-state index in [9.17, 15) is 14.3 Å². The Morgan fingerprint density at radius 3 is 2.75 bits per heavy atom. The first kappa shape index (κ1) is 21.1. The number of hydrogen-bond donors (Lipinski definition) is 2. The van der Waals surface area contributed by atoms with Gasteiger partial charge in [0.25, 0.3) is 0 Å². The van der Waals surface area contributed by atoms with Crippen LogP contribution < -0.4 is 5.32 Å². The molecule has 0 aliphatic carbocycles. The zero-order valence-corrected chi connectivity index (χ0v) is 18.1. The van der Waals surface area contributed by atoms with Crippen LogP contribution in [-0.4, -0.2) is 34.3 Å². The molecule has 5 rings (SSSR count). The van der Waals surface area contributed by atoms with Gasteiger partial charge in [0, 0.05) is 41.0 Å². The van der Waals surface area contributed by atoms with Crippen LogP contribution in [0.25, 0.3) is 11.1 Å². The summed E-state index contributed by atoms with van der Waals surface area (Å²) in [6.07, 6.45) is 0.749. The van der Waals surface area contributed by atoms with E-state index in [2.05, 4.69) is 10.3 Å². The fourth-order valence-corrected chi connectivity index (χ4v) is 5.21. The predicted octanol–water partition coefficient (Wildman–Crippen LogP) is 4.72. The Labute approximate surface area is 190 Å². The summed E-state index contributed by atoms with van der Waals surface area (Å²) in [5.74, 6) is -1.27. The summed E-state index contributed by atoms with van der Waals surface area (Å²) in [5, 5.41) is 13.7. The highest BCUT2D eigenvalue weighted by atomic mass is 35.5. The maximum absolute atomic E-state index is 14.2. The van der Waals surface area contributed by atoms with E-state index in [0.717, 1.165) is 11.3 Å². The molecule has 1 amide bonds. The van der Waals surface area contributed by atoms with E-state index in [-0.39, 0.29) is 23.7 Å². The lowest BCUT2D eigenvalue weighted by Crippen LogP contribution is -2.41. The lowest BCUT2D eigenvalue weighted by atomic mass is 9.74. The van der Waals surface area contributed by atoms with Crippen molar-refractivity contribution >= 4 is 23.2 Å². The number of benzene rings is 2. The number of rotatable bonds is 4. The molecule has 0 spiro atoms. The molecule has 3 aromatic rings. The van der Waals surface area contributed by atoms with E-state index in [1.165, 1.54) is 6.07 Å². The molecule has 3 heterocycles. The first-order valence-corrected chi connectivity index (χ1v) is 10.9. The number of amides is 1. The molecule has 5 nitrogen and oxygen atoms in total. The van der Waals surface area contributed by atoms with E-state index in [1.807, 2.05) is 19.1 Å². The number of nitrogens with zero attached hydrogens (tertiary/aromatic N) is 1. The Kier molecular flexibility index (Phi) is 5.45. The molecule has 2 fully saturated rings. The Hall–Kier alpha value is -2.80. The first-order chi connectivity index (χ1) is 15.4. The van der Waals surface area contributed by atoms with Gasteiger partial charge in [-0.05, 0) is 42.8 Å². The van der Waals surface area contributed by atoms with Crippen molar-refractivity contribution in [2.45, 2.75) is 37.6 Å². The molecule has 0 saturated carbocycles. The molecule has 2 N–H and O–H groups in total. The topological polar surface area (TPSA) is 71.5 Å². The summed E-state index contributed by atoms with van der Waals surface area (Å²) in [5.41, 5.74) is 3.25. The Balaban J connectivity index is 1.40. The molecule has 2 bridgehead atoms. The second-order valence-electron chi connectivity index (χ2n) is 8.39. The molecule has 0 radical (unpaired) electrons. The average Bonchev–Trinajstić information content (AvgIpc) is 3.32. The van der Waals surface area contributed by atoms with Gasteiger partial charge in [-0.1, -0.05) is 35.9 Å². The number of hydrogen-bond acceptors (Lipinski definition) is 4. The summed E-state index contributed by atoms with van der Waals surface area (Å²) in [4.78, 5) is 17.5. The van der Waals surface area contributed by atoms with Crippen molar-refractivity contribution in [2.24, 2.45) is 5.92 Å². The van der Waals surface area contributed by atoms with Crippen LogP contribution >= 0.6 is 11.6 Å². The molecule has 2 saturated heterocycles. The van der Waals surface area contributed by atoms with Crippen LogP contribution in [0.4, 0.5) is 10.1 Å². The van der Waals surface area contributed by atoms with Gasteiger partial charge in [0.1, 0.15) is 5.82 Å². The van der Waals surface area contributed by atoms with Crippen LogP contribution in [0, 0.1) is 18.7 Å². The van der Waals surface area contributed by atoms with Crippen molar-refractivity contribution in [1.29, 1.82) is 0 Å². The number of fused-ring (bicyclic) bond motifs is 2. The minimum Gasteiger partial charge on any atom is -0.390 e. The molecule has 5 atom stereocenters. The van der Waals surface area contributed by atoms with Crippen LogP contribution in [0.3, 0.4) is 0 Å². The van der Waals surface area contributed by atoms with Gasteiger partial charge in [0.05, 0.1) is 29.3 Å². The smallest absolute Gasteiger partial charge is 0.230 e. The van der Waals surface area contributed by atoms with Gasteiger partial charge >= 0.3 is 0 Å². The second-order valence-corrected chi connectivity index (χ2v) is 8.80. The highest BCUT2D eigenvalue weighted by molar-refractivity contribution is 6.33. The van der Waals surface area contributed by atoms with Crippen molar-refractivity contribution in [3.8, 4) is 11.1 Å². The minimum absolute atomic E-state index is 0.196. The third-order valence-electron chi connectivity index (χ3n) is 6.34. The SMILES string of the molecule is Cc1cc([C@H]2[C@H]3O[C@H](C[C@@H]3O)[C@@H]2C(=O)Nc2ccc(-c3ccccc3F)c(Cl)c2)ccn1. The van der Waals surface area contributed by atoms with Crippen molar-refractivity contribution in [1.82, 2.24) is 4.98 Å². The molecular formula is C25H22ClFN2O3. The van der Waals surface area contributed by atoms with E-state index < -0.39 is 18.1 Å². The third kappa shape index (κ3) is 3.68. The minimum atomic E-state index is -0.600. The summed E-state index contributed by atoms with van der Waals surface area (Å²) in [6.45, 7) is 1.89. The normalized spacial score (nSPS) is 26.3. The summed E-state index contributed by atoms with van der Waals surface area (Å²) in [6, 6.07) is 15.2. The lowest BCUT2D eigenvalue weighted by molar-refractivity contribution is -0.121. The quantitative estimate of drug-likeness (QED) is 0.601. The summed E-state index contributed by atoms with van der Waals surface area (Å²) in [7, 11) is 0. The van der Waals surface area contributed by atoms with Gasteiger partial charge in [0.2, 0.25) is 5.91 Å². The van der Waals surface area contributed by atoms with Crippen LogP contribution in [0.5, 0.6) is 0 Å². The number of carbonyl (C=O) groups excluding carboxylic acids is 1. The fraction of sp³-hybridized carbons (Fsp3) is 0.280. The second kappa shape index (κ2) is 8.28. The highest BCUT2D eigenvalue weighted by Crippen LogP contribution is 2.49. The van der Waals surface area contributed by atoms with Crippen LogP contribution in [0.2, 0.25) is 5.02 Å². The van der Waals surface area contributed by atoms with Crippen molar-refractivity contribution < 1.29 is 19.0 Å². The number of aromatic nitrogens is 1. The molecule has 0 unspecified atom stereocenters. The maximum atomic E-state index is 14.2. The van der Waals surface area contributed by atoms with Crippen LogP contribution in [-0.2, 0) is 9.53 Å². The van der Waals surface area contributed by atoms with E-state index in [0.29, 0.717) is 28.3 Å². The van der Waals surface area contributed by atoms with Crippen molar-refractivity contribution in [3.63, 3.8) is 0 Å². The van der Waals surface area contributed by atoms with Gasteiger partial charge in [0.15, 0.2) is 0 Å². The van der Waals surface area contributed by atoms with Crippen molar-refractivity contribution in [2.75, 3.05) is 5.32 Å². The number of aliphatic hydroxyl groups is 1. The van der Waals surface area contributed by atoms with Crippen molar-refractivity contribution in [3.05, 3.63) is 82.9 Å². The number of aryl methyl sites for hydroxylation is 1. The molecule has 2 aromatic carbocycles. The Bertz CT molecular complexity index is 1190. The highest BCUT2D eigenvalue weighted by Gasteiger charge is 2.56. The fourth-order valence-electron chi connectivity index (χ4n) is 4.93. The Morgan fingerprint density at radius 2 is 2.00 bits per heavy atom. The van der Waals surface area contributed by atoms with Gasteiger partial charge in [-0.3, -0.25) is 9.78 Å². The van der Waals surface area contributed by atoms with E-state index >= 15 is 0 Å². The lowest BCUT2D eigenvalue weighted by Gasteiger charge is -2.30. The van der Waals surface area contributed by atoms with Gasteiger partial charge < -0.3 is 15.2 Å². The molecular weight excluding hydrogens is 431 g/mol. The molecule has 164 valence electrons. The number of anilines is 1. The number of halogens is 2. The molecule has 2 aliphatic rings. The molecule has 7 heteroatoms. The van der Waals surface area contributed by atoms with Gasteiger partial charge in [-0.2, -0.15) is 0 Å². The van der Waals surface area contributed by atoms with E-state index in [1.54, 1.807) is 42.6 Å². The zero-order valence-electron chi connectivity index (χ0n) is 17.3. The van der Waals surface area contributed by atoms with Gasteiger partial charge in [-0.25, -0.2) is 4.39 Å². The Morgan fingerprint density at radius 1 is 1.19 bits per heavy atom. The molecule has 1 aromatic heterocycles. The number of ether oxygens (including phenoxy) is 1. The number of pyridine rings is 1. The van der Waals surface area contributed by atoms with Crippen LogP contribution in [0.1, 0.15) is 23.6 Å². The first-order valence-electron chi connectivity index (χ1n) is 10.5. The standard InChI is InChI=1S/C25H22ClFN2O3/c1-13-10-14(8-9-28-13)22-23(21-12-20(30)24(22)32-21)25(31)29-15-6-7-16(18(26)11-15)17-4-2-3-5-19(17)27/h2-11,20-24,30H,12H2,1H3,(H,29,31)/t20-,21+,22+,23-,24-/m0/s1. The number of nitrogens with one attached hydrogen (secondary N) is 1. The van der Waals surface area contributed by atoms with Gasteiger partial charge in [-0.15, -0.1) is 0 Å². The average molecular weight is 453 g/mol. The number of aliphatic hydroxyl groups excluding tert-OH is 1. The van der Waals surface area contributed by atoms with E-state index in [4.69, 9.17) is 16.3 Å². The monoisotopic (exact) mass is 452 g/mol. The largest absolute Gasteiger partial charge is 0.390 e. The predicted molar refractivity (Wildman–Crippen MR) is 120 cm³/mol. The van der Waals surface area contributed by atoms with Crippen LogP contribution in [0.15, 0.2) is 60.8 Å². The zero-order chi connectivity index (χ0) is 22.4. The summed E-state index contributed by atoms with van der Waals surface area (Å²) < 4.78 is 20.1. The third-order valence-corrected chi connectivity index (χ3v) is 6.65. The summed E-state index contributed by atoms with van der Waals surface area (Å²) >= 11 is 6.42. The molecule has 2 aliphatic heterocycles.